The quantitative estimate of drug-likeness (QED) is 0.332. The van der Waals surface area contributed by atoms with Crippen LogP contribution in [0.4, 0.5) is 10.5 Å². The van der Waals surface area contributed by atoms with Gasteiger partial charge >= 0.3 is 6.09 Å². The van der Waals surface area contributed by atoms with Crippen molar-refractivity contribution in [1.82, 2.24) is 10.2 Å². The standard InChI is InChI=1S/C30H40ClN3O4/c1-9-18-34(28(36)25(20(4)10-2)33-29(37)38-30(6,7)8)26(22-16-14-19(3)15-17-22)27(35)32-24-21(5)12-11-13-23(24)31/h9,11-17,20,25-26H,1,10,18H2,2-8H3,(H,32,35)(H,33,37). The number of carbonyl (C=O) groups excluding carboxylic acids is 3. The highest BCUT2D eigenvalue weighted by atomic mass is 35.5. The third kappa shape index (κ3) is 8.35. The predicted octanol–water partition coefficient (Wildman–Crippen LogP) is 6.59. The summed E-state index contributed by atoms with van der Waals surface area (Å²) >= 11 is 6.40. The van der Waals surface area contributed by atoms with E-state index < -0.39 is 35.6 Å². The highest BCUT2D eigenvalue weighted by Crippen LogP contribution is 2.30. The number of alkyl carbamates (subject to hydrolysis) is 1. The molecule has 0 saturated carbocycles. The number of nitrogens with zero attached hydrogens (tertiary/aromatic N) is 1. The molecule has 3 unspecified atom stereocenters. The zero-order valence-electron chi connectivity index (χ0n) is 23.4. The Morgan fingerprint density at radius 1 is 1.11 bits per heavy atom. The smallest absolute Gasteiger partial charge is 0.408 e. The molecule has 0 spiro atoms. The maximum Gasteiger partial charge on any atom is 0.408 e. The lowest BCUT2D eigenvalue weighted by atomic mass is 9.95. The number of benzene rings is 2. The molecule has 0 aromatic heterocycles. The van der Waals surface area contributed by atoms with Gasteiger partial charge in [-0.05, 0) is 57.7 Å². The maximum absolute atomic E-state index is 14.1. The first kappa shape index (κ1) is 30.9. The van der Waals surface area contributed by atoms with Crippen molar-refractivity contribution < 1.29 is 19.1 Å². The molecule has 3 atom stereocenters. The lowest BCUT2D eigenvalue weighted by Crippen LogP contribution is -2.54. The normalized spacial score (nSPS) is 13.6. The summed E-state index contributed by atoms with van der Waals surface area (Å²) in [6, 6.07) is 10.8. The fraction of sp³-hybridized carbons (Fsp3) is 0.433. The average Bonchev–Trinajstić information content (AvgIpc) is 2.83. The van der Waals surface area contributed by atoms with Crippen LogP contribution in [0.2, 0.25) is 5.02 Å². The van der Waals surface area contributed by atoms with Gasteiger partial charge in [0, 0.05) is 6.54 Å². The first-order valence-electron chi connectivity index (χ1n) is 12.8. The highest BCUT2D eigenvalue weighted by molar-refractivity contribution is 6.34. The van der Waals surface area contributed by atoms with E-state index in [9.17, 15) is 14.4 Å². The maximum atomic E-state index is 14.1. The van der Waals surface area contributed by atoms with Gasteiger partial charge in [0.15, 0.2) is 0 Å². The van der Waals surface area contributed by atoms with E-state index in [1.807, 2.05) is 58.0 Å². The highest BCUT2D eigenvalue weighted by Gasteiger charge is 2.38. The molecule has 2 aromatic carbocycles. The summed E-state index contributed by atoms with van der Waals surface area (Å²) in [6.45, 7) is 16.8. The summed E-state index contributed by atoms with van der Waals surface area (Å²) in [7, 11) is 0. The molecule has 0 fully saturated rings. The molecule has 0 bridgehead atoms. The molecular formula is C30H40ClN3O4. The Morgan fingerprint density at radius 2 is 1.74 bits per heavy atom. The second kappa shape index (κ2) is 13.5. The van der Waals surface area contributed by atoms with Gasteiger partial charge in [-0.25, -0.2) is 4.79 Å². The van der Waals surface area contributed by atoms with Gasteiger partial charge in [0.1, 0.15) is 17.7 Å². The largest absolute Gasteiger partial charge is 0.444 e. The van der Waals surface area contributed by atoms with E-state index in [-0.39, 0.29) is 12.5 Å². The SMILES string of the molecule is C=CCN(C(=O)C(NC(=O)OC(C)(C)C)C(C)CC)C(C(=O)Nc1c(C)cccc1Cl)c1ccc(C)cc1. The Balaban J connectivity index is 2.55. The molecule has 0 saturated heterocycles. The van der Waals surface area contributed by atoms with E-state index in [4.69, 9.17) is 16.3 Å². The fourth-order valence-corrected chi connectivity index (χ4v) is 4.23. The number of aryl methyl sites for hydroxylation is 2. The van der Waals surface area contributed by atoms with Gasteiger partial charge in [0.25, 0.3) is 5.91 Å². The minimum absolute atomic E-state index is 0.0786. The molecule has 38 heavy (non-hydrogen) atoms. The summed E-state index contributed by atoms with van der Waals surface area (Å²) in [5.41, 5.74) is 2.17. The number of rotatable bonds is 10. The molecule has 0 aliphatic rings. The van der Waals surface area contributed by atoms with Crippen molar-refractivity contribution >= 4 is 35.2 Å². The third-order valence-electron chi connectivity index (χ3n) is 6.18. The summed E-state index contributed by atoms with van der Waals surface area (Å²) in [5.74, 6) is -1.07. The molecule has 8 heteroatoms. The van der Waals surface area contributed by atoms with Crippen LogP contribution in [0.25, 0.3) is 0 Å². The Bertz CT molecular complexity index is 1120. The fourth-order valence-electron chi connectivity index (χ4n) is 3.96. The summed E-state index contributed by atoms with van der Waals surface area (Å²) in [6.07, 6.45) is 1.49. The lowest BCUT2D eigenvalue weighted by molar-refractivity contribution is -0.141. The van der Waals surface area contributed by atoms with Crippen LogP contribution >= 0.6 is 11.6 Å². The van der Waals surface area contributed by atoms with Crippen molar-refractivity contribution in [3.05, 3.63) is 76.8 Å². The first-order valence-corrected chi connectivity index (χ1v) is 13.2. The number of carbonyl (C=O) groups is 3. The number of anilines is 1. The number of nitrogens with one attached hydrogen (secondary N) is 2. The van der Waals surface area contributed by atoms with Crippen LogP contribution in [0.3, 0.4) is 0 Å². The molecule has 0 aliphatic carbocycles. The van der Waals surface area contributed by atoms with Crippen LogP contribution in [-0.2, 0) is 14.3 Å². The van der Waals surface area contributed by atoms with Crippen molar-refractivity contribution in [3.8, 4) is 0 Å². The zero-order chi connectivity index (χ0) is 28.6. The van der Waals surface area contributed by atoms with Gasteiger partial charge in [-0.1, -0.05) is 79.9 Å². The number of amides is 3. The van der Waals surface area contributed by atoms with Gasteiger partial charge < -0.3 is 20.3 Å². The van der Waals surface area contributed by atoms with Crippen LogP contribution in [0.1, 0.15) is 63.8 Å². The van der Waals surface area contributed by atoms with Crippen LogP contribution < -0.4 is 10.6 Å². The number of para-hydroxylation sites is 1. The molecule has 2 rings (SSSR count). The summed E-state index contributed by atoms with van der Waals surface area (Å²) in [4.78, 5) is 42.1. The van der Waals surface area contributed by atoms with E-state index in [0.29, 0.717) is 22.7 Å². The van der Waals surface area contributed by atoms with E-state index in [0.717, 1.165) is 11.1 Å². The van der Waals surface area contributed by atoms with Crippen molar-refractivity contribution in [2.45, 2.75) is 72.6 Å². The van der Waals surface area contributed by atoms with Gasteiger partial charge in [0.05, 0.1) is 10.7 Å². The van der Waals surface area contributed by atoms with Gasteiger partial charge in [-0.2, -0.15) is 0 Å². The Labute approximate surface area is 231 Å². The van der Waals surface area contributed by atoms with Gasteiger partial charge in [-0.3, -0.25) is 9.59 Å². The second-order valence-corrected chi connectivity index (χ2v) is 10.9. The molecule has 7 nitrogen and oxygen atoms in total. The summed E-state index contributed by atoms with van der Waals surface area (Å²) < 4.78 is 5.43. The van der Waals surface area contributed by atoms with Crippen molar-refractivity contribution in [2.24, 2.45) is 5.92 Å². The van der Waals surface area contributed by atoms with Crippen molar-refractivity contribution in [3.63, 3.8) is 0 Å². The van der Waals surface area contributed by atoms with E-state index in [2.05, 4.69) is 17.2 Å². The summed E-state index contributed by atoms with van der Waals surface area (Å²) in [5, 5.41) is 6.07. The van der Waals surface area contributed by atoms with Crippen LogP contribution in [0.5, 0.6) is 0 Å². The molecule has 3 amide bonds. The number of ether oxygens (including phenoxy) is 1. The monoisotopic (exact) mass is 541 g/mol. The van der Waals surface area contributed by atoms with Crippen molar-refractivity contribution in [1.29, 1.82) is 0 Å². The molecule has 0 heterocycles. The lowest BCUT2D eigenvalue weighted by Gasteiger charge is -2.35. The average molecular weight is 542 g/mol. The van der Waals surface area contributed by atoms with Crippen LogP contribution in [-0.4, -0.2) is 41.0 Å². The van der Waals surface area contributed by atoms with E-state index in [1.165, 1.54) is 4.90 Å². The Hall–Kier alpha value is -3.32. The first-order chi connectivity index (χ1) is 17.8. The Morgan fingerprint density at radius 3 is 2.26 bits per heavy atom. The van der Waals surface area contributed by atoms with Gasteiger partial charge in [-0.15, -0.1) is 6.58 Å². The molecule has 0 radical (unpaired) electrons. The minimum Gasteiger partial charge on any atom is -0.444 e. The molecule has 2 N–H and O–H groups in total. The zero-order valence-corrected chi connectivity index (χ0v) is 24.2. The third-order valence-corrected chi connectivity index (χ3v) is 6.50. The van der Waals surface area contributed by atoms with Crippen LogP contribution in [0, 0.1) is 19.8 Å². The van der Waals surface area contributed by atoms with Gasteiger partial charge in [0.2, 0.25) is 5.91 Å². The Kier molecular flexibility index (Phi) is 11.0. The van der Waals surface area contributed by atoms with Crippen LogP contribution in [0.15, 0.2) is 55.1 Å². The molecule has 206 valence electrons. The minimum atomic E-state index is -1.01. The molecule has 0 aliphatic heterocycles. The number of hydrogen-bond donors (Lipinski definition) is 2. The topological polar surface area (TPSA) is 87.7 Å². The molecule has 2 aromatic rings. The van der Waals surface area contributed by atoms with E-state index in [1.54, 1.807) is 39.0 Å². The van der Waals surface area contributed by atoms with Crippen molar-refractivity contribution in [2.75, 3.05) is 11.9 Å². The predicted molar refractivity (Wildman–Crippen MR) is 153 cm³/mol. The second-order valence-electron chi connectivity index (χ2n) is 10.5. The van der Waals surface area contributed by atoms with E-state index >= 15 is 0 Å². The molecular weight excluding hydrogens is 502 g/mol. The number of halogens is 1. The number of hydrogen-bond acceptors (Lipinski definition) is 4.